The van der Waals surface area contributed by atoms with Gasteiger partial charge in [0.15, 0.2) is 0 Å². The molecule has 0 atom stereocenters. The number of carbonyl (C=O) groups excluding carboxylic acids is 2. The van der Waals surface area contributed by atoms with Crippen LogP contribution in [0, 0.1) is 11.3 Å². The average Bonchev–Trinajstić information content (AvgIpc) is 2.86. The second-order valence-electron chi connectivity index (χ2n) is 10.3. The summed E-state index contributed by atoms with van der Waals surface area (Å²) in [6.45, 7) is 3.11. The molecular weight excluding hydrogens is 390 g/mol. The Balaban J connectivity index is 1.16. The van der Waals surface area contributed by atoms with Crippen LogP contribution in [-0.2, 0) is 14.3 Å². The number of hydrogen-bond acceptors (Lipinski definition) is 4. The van der Waals surface area contributed by atoms with Gasteiger partial charge in [0.25, 0.3) is 0 Å². The van der Waals surface area contributed by atoms with Crippen LogP contribution in [0.5, 0.6) is 0 Å². The number of nitrogens with zero attached hydrogens (tertiary/aromatic N) is 2. The number of aromatic nitrogens is 1. The molecule has 5 aliphatic rings. The molecule has 3 aliphatic carbocycles. The van der Waals surface area contributed by atoms with Gasteiger partial charge in [-0.15, -0.1) is 0 Å². The number of carbonyl (C=O) groups is 2. The molecule has 2 saturated heterocycles. The van der Waals surface area contributed by atoms with Crippen LogP contribution in [0.3, 0.4) is 0 Å². The van der Waals surface area contributed by atoms with Crippen molar-refractivity contribution in [2.24, 2.45) is 11.3 Å². The van der Waals surface area contributed by atoms with E-state index in [1.165, 1.54) is 5.56 Å². The molecule has 6 heteroatoms. The monoisotopic (exact) mass is 425 g/mol. The molecule has 6 nitrogen and oxygen atoms in total. The van der Waals surface area contributed by atoms with E-state index < -0.39 is 0 Å². The molecule has 0 unspecified atom stereocenters. The van der Waals surface area contributed by atoms with Gasteiger partial charge in [-0.2, -0.15) is 0 Å². The first kappa shape index (κ1) is 20.9. The molecule has 2 aliphatic heterocycles. The van der Waals surface area contributed by atoms with E-state index in [9.17, 15) is 9.59 Å². The Morgan fingerprint density at radius 3 is 2.16 bits per heavy atom. The van der Waals surface area contributed by atoms with Crippen LogP contribution in [0.15, 0.2) is 24.5 Å². The topological polar surface area (TPSA) is 71.5 Å². The number of fused-ring (bicyclic) bond motifs is 3. The molecule has 1 aromatic rings. The van der Waals surface area contributed by atoms with Crippen LogP contribution in [0.2, 0.25) is 0 Å². The van der Waals surface area contributed by atoms with Crippen molar-refractivity contribution in [2.75, 3.05) is 26.3 Å². The van der Waals surface area contributed by atoms with E-state index in [4.69, 9.17) is 4.74 Å². The molecule has 0 aromatic carbocycles. The van der Waals surface area contributed by atoms with E-state index in [0.29, 0.717) is 25.0 Å². The highest BCUT2D eigenvalue weighted by Gasteiger charge is 2.54. The fraction of sp³-hybridized carbons (Fsp3) is 0.720. The van der Waals surface area contributed by atoms with Gasteiger partial charge >= 0.3 is 0 Å². The van der Waals surface area contributed by atoms with E-state index in [0.717, 1.165) is 77.3 Å². The van der Waals surface area contributed by atoms with Gasteiger partial charge in [0.05, 0.1) is 0 Å². The van der Waals surface area contributed by atoms with Crippen molar-refractivity contribution in [2.45, 2.75) is 75.7 Å². The molecule has 5 fully saturated rings. The Hall–Kier alpha value is -1.95. The number of amides is 2. The highest BCUT2D eigenvalue weighted by Crippen LogP contribution is 2.53. The summed E-state index contributed by atoms with van der Waals surface area (Å²) < 4.78 is 5.40. The van der Waals surface area contributed by atoms with Gasteiger partial charge in [-0.1, -0.05) is 0 Å². The highest BCUT2D eigenvalue weighted by molar-refractivity contribution is 5.84. The summed E-state index contributed by atoms with van der Waals surface area (Å²) >= 11 is 0. The van der Waals surface area contributed by atoms with Crippen LogP contribution in [0.4, 0.5) is 0 Å². The zero-order chi connectivity index (χ0) is 21.3. The van der Waals surface area contributed by atoms with Crippen LogP contribution in [0.25, 0.3) is 0 Å². The van der Waals surface area contributed by atoms with E-state index in [-0.39, 0.29) is 22.8 Å². The Kier molecular flexibility index (Phi) is 5.76. The van der Waals surface area contributed by atoms with Crippen LogP contribution in [0.1, 0.15) is 75.7 Å². The van der Waals surface area contributed by atoms with Crippen LogP contribution in [-0.4, -0.2) is 53.5 Å². The lowest BCUT2D eigenvalue weighted by Gasteiger charge is -2.54. The maximum atomic E-state index is 13.6. The number of piperidine rings is 1. The van der Waals surface area contributed by atoms with E-state index >= 15 is 0 Å². The van der Waals surface area contributed by atoms with Gasteiger partial charge in [0.2, 0.25) is 11.8 Å². The molecule has 2 amide bonds. The quantitative estimate of drug-likeness (QED) is 0.802. The van der Waals surface area contributed by atoms with Gasteiger partial charge in [0, 0.05) is 55.6 Å². The molecular formula is C25H35N3O3. The van der Waals surface area contributed by atoms with E-state index in [1.807, 2.05) is 12.4 Å². The summed E-state index contributed by atoms with van der Waals surface area (Å²) in [5.41, 5.74) is 1.08. The smallest absolute Gasteiger partial charge is 0.228 e. The molecule has 6 rings (SSSR count). The van der Waals surface area contributed by atoms with Crippen molar-refractivity contribution in [3.05, 3.63) is 30.1 Å². The van der Waals surface area contributed by atoms with Crippen LogP contribution < -0.4 is 5.32 Å². The maximum Gasteiger partial charge on any atom is 0.228 e. The minimum atomic E-state index is -0.186. The number of ether oxygens (including phenoxy) is 1. The van der Waals surface area contributed by atoms with Crippen molar-refractivity contribution < 1.29 is 14.3 Å². The van der Waals surface area contributed by atoms with Gasteiger partial charge in [-0.3, -0.25) is 14.6 Å². The fourth-order valence-electron chi connectivity index (χ4n) is 6.40. The Morgan fingerprint density at radius 1 is 0.935 bits per heavy atom. The van der Waals surface area contributed by atoms with Crippen LogP contribution >= 0.6 is 0 Å². The zero-order valence-corrected chi connectivity index (χ0v) is 18.5. The first-order valence-corrected chi connectivity index (χ1v) is 12.2. The Bertz CT molecular complexity index is 773. The summed E-state index contributed by atoms with van der Waals surface area (Å²) in [6.07, 6.45) is 13.1. The third-order valence-electron chi connectivity index (χ3n) is 8.64. The summed E-state index contributed by atoms with van der Waals surface area (Å²) in [5, 5.41) is 3.42. The minimum absolute atomic E-state index is 0.0776. The lowest BCUT2D eigenvalue weighted by atomic mass is 9.56. The fourth-order valence-corrected chi connectivity index (χ4v) is 6.40. The largest absolute Gasteiger partial charge is 0.381 e. The third kappa shape index (κ3) is 4.11. The van der Waals surface area contributed by atoms with Crippen molar-refractivity contribution in [3.8, 4) is 0 Å². The molecule has 31 heavy (non-hydrogen) atoms. The summed E-state index contributed by atoms with van der Waals surface area (Å²) in [7, 11) is 0. The first-order chi connectivity index (χ1) is 15.1. The highest BCUT2D eigenvalue weighted by atomic mass is 16.5. The minimum Gasteiger partial charge on any atom is -0.381 e. The number of pyridine rings is 1. The van der Waals surface area contributed by atoms with E-state index in [1.54, 1.807) is 0 Å². The maximum absolute atomic E-state index is 13.6. The summed E-state index contributed by atoms with van der Waals surface area (Å²) in [4.78, 5) is 32.6. The van der Waals surface area contributed by atoms with Crippen molar-refractivity contribution in [1.29, 1.82) is 0 Å². The molecule has 168 valence electrons. The van der Waals surface area contributed by atoms with Crippen molar-refractivity contribution >= 4 is 11.8 Å². The molecule has 3 heterocycles. The number of likely N-dealkylation sites (tertiary alicyclic amines) is 1. The number of rotatable bonds is 4. The predicted octanol–water partition coefficient (Wildman–Crippen LogP) is 3.42. The molecule has 2 bridgehead atoms. The standard InChI is InChI=1S/C25H35N3O3/c29-22(21-5-17-31-18-6-21)27-25-10-7-24(8-11-25,9-12-25)23(30)28-15-3-20(4-16-28)19-1-13-26-14-2-19/h1-2,13-14,20-21H,3-12,15-18H2,(H,27,29). The number of hydrogen-bond donors (Lipinski definition) is 1. The first-order valence-electron chi connectivity index (χ1n) is 12.2. The SMILES string of the molecule is O=C(NC12CCC(C(=O)N3CCC(c4ccncc4)CC3)(CC1)CC2)C1CCOCC1. The molecule has 0 spiro atoms. The average molecular weight is 426 g/mol. The second kappa shape index (κ2) is 8.53. The van der Waals surface area contributed by atoms with E-state index in [2.05, 4.69) is 27.3 Å². The molecule has 1 aromatic heterocycles. The summed E-state index contributed by atoms with van der Waals surface area (Å²) in [5.74, 6) is 1.22. The summed E-state index contributed by atoms with van der Waals surface area (Å²) in [6, 6.07) is 4.22. The lowest BCUT2D eigenvalue weighted by Crippen LogP contribution is -2.61. The zero-order valence-electron chi connectivity index (χ0n) is 18.5. The molecule has 3 saturated carbocycles. The molecule has 1 N–H and O–H groups in total. The second-order valence-corrected chi connectivity index (χ2v) is 10.3. The Morgan fingerprint density at radius 2 is 1.55 bits per heavy atom. The van der Waals surface area contributed by atoms with Gasteiger partial charge in [-0.25, -0.2) is 0 Å². The van der Waals surface area contributed by atoms with Crippen molar-refractivity contribution in [3.63, 3.8) is 0 Å². The normalized spacial score (nSPS) is 32.1. The molecule has 0 radical (unpaired) electrons. The van der Waals surface area contributed by atoms with Gasteiger partial charge in [0.1, 0.15) is 0 Å². The van der Waals surface area contributed by atoms with Crippen molar-refractivity contribution in [1.82, 2.24) is 15.2 Å². The number of nitrogens with one attached hydrogen (secondary N) is 1. The lowest BCUT2D eigenvalue weighted by molar-refractivity contribution is -0.152. The third-order valence-corrected chi connectivity index (χ3v) is 8.64. The van der Waals surface area contributed by atoms with Gasteiger partial charge in [-0.05, 0) is 87.8 Å². The Labute approximate surface area is 185 Å². The van der Waals surface area contributed by atoms with Gasteiger partial charge < -0.3 is 15.0 Å². The predicted molar refractivity (Wildman–Crippen MR) is 117 cm³/mol.